The average Bonchev–Trinajstić information content (AvgIpc) is 2.77. The van der Waals surface area contributed by atoms with Crippen LogP contribution < -0.4 is 5.32 Å². The summed E-state index contributed by atoms with van der Waals surface area (Å²) in [6.45, 7) is 0. The van der Waals surface area contributed by atoms with Crippen molar-refractivity contribution in [1.82, 2.24) is 10.2 Å². The van der Waals surface area contributed by atoms with Crippen molar-refractivity contribution in [3.05, 3.63) is 45.0 Å². The molecular formula is C11H7BrClN3O3. The normalized spacial score (nSPS) is 10.2. The van der Waals surface area contributed by atoms with Gasteiger partial charge in [0.2, 0.25) is 0 Å². The second-order valence-corrected chi connectivity index (χ2v) is 4.84. The van der Waals surface area contributed by atoms with E-state index in [1.54, 1.807) is 18.2 Å². The highest BCUT2D eigenvalue weighted by molar-refractivity contribution is 9.10. The first-order valence-corrected chi connectivity index (χ1v) is 6.19. The maximum absolute atomic E-state index is 11.9. The molecule has 0 saturated heterocycles. The Morgan fingerprint density at radius 1 is 1.37 bits per heavy atom. The summed E-state index contributed by atoms with van der Waals surface area (Å²) in [7, 11) is 0. The Kier molecular flexibility index (Phi) is 3.87. The molecule has 0 aliphatic carbocycles. The molecule has 1 aromatic carbocycles. The predicted molar refractivity (Wildman–Crippen MR) is 72.7 cm³/mol. The molecule has 1 heterocycles. The average molecular weight is 345 g/mol. The lowest BCUT2D eigenvalue weighted by atomic mass is 10.2. The molecule has 6 nitrogen and oxygen atoms in total. The van der Waals surface area contributed by atoms with Crippen LogP contribution in [0.15, 0.2) is 28.7 Å². The molecule has 19 heavy (non-hydrogen) atoms. The fraction of sp³-hybridized carbons (Fsp3) is 0. The van der Waals surface area contributed by atoms with E-state index >= 15 is 0 Å². The van der Waals surface area contributed by atoms with Crippen LogP contribution in [0.25, 0.3) is 0 Å². The quantitative estimate of drug-likeness (QED) is 0.798. The highest BCUT2D eigenvalue weighted by Crippen LogP contribution is 2.22. The Balaban J connectivity index is 2.18. The van der Waals surface area contributed by atoms with Crippen LogP contribution in [0.1, 0.15) is 20.8 Å². The van der Waals surface area contributed by atoms with Gasteiger partial charge in [0, 0.05) is 15.6 Å². The standard InChI is InChI=1S/C11H7BrClN3O3/c12-7-3-5(13)1-2-6(7)10(17)14-9-4-8(11(18)19)15-16-9/h1-4H,(H,18,19)(H2,14,15,16,17). The Hall–Kier alpha value is -1.86. The van der Waals surface area contributed by atoms with Gasteiger partial charge in [-0.05, 0) is 34.1 Å². The van der Waals surface area contributed by atoms with E-state index in [1.165, 1.54) is 6.07 Å². The van der Waals surface area contributed by atoms with Gasteiger partial charge in [0.25, 0.3) is 5.91 Å². The Bertz CT molecular complexity index is 656. The van der Waals surface area contributed by atoms with E-state index in [1.807, 2.05) is 0 Å². The molecule has 0 unspecified atom stereocenters. The summed E-state index contributed by atoms with van der Waals surface area (Å²) in [4.78, 5) is 22.6. The lowest BCUT2D eigenvalue weighted by molar-refractivity contribution is 0.0690. The number of aromatic carboxylic acids is 1. The van der Waals surface area contributed by atoms with Gasteiger partial charge in [-0.15, -0.1) is 0 Å². The molecule has 0 radical (unpaired) electrons. The molecule has 0 aliphatic rings. The van der Waals surface area contributed by atoms with Gasteiger partial charge in [0.15, 0.2) is 5.82 Å². The summed E-state index contributed by atoms with van der Waals surface area (Å²) in [5.41, 5.74) is 0.259. The van der Waals surface area contributed by atoms with Crippen molar-refractivity contribution in [2.45, 2.75) is 0 Å². The first-order chi connectivity index (χ1) is 8.97. The number of nitrogens with zero attached hydrogens (tertiary/aromatic N) is 1. The van der Waals surface area contributed by atoms with E-state index in [0.717, 1.165) is 0 Å². The van der Waals surface area contributed by atoms with Crippen molar-refractivity contribution in [3.8, 4) is 0 Å². The fourth-order valence-corrected chi connectivity index (χ4v) is 2.22. The summed E-state index contributed by atoms with van der Waals surface area (Å²) in [6, 6.07) is 5.94. The molecule has 0 spiro atoms. The zero-order chi connectivity index (χ0) is 14.0. The second-order valence-electron chi connectivity index (χ2n) is 3.55. The van der Waals surface area contributed by atoms with Crippen molar-refractivity contribution in [3.63, 3.8) is 0 Å². The molecule has 1 amide bonds. The smallest absolute Gasteiger partial charge is 0.353 e. The number of carbonyl (C=O) groups is 2. The zero-order valence-corrected chi connectivity index (χ0v) is 11.6. The summed E-state index contributed by atoms with van der Waals surface area (Å²) < 4.78 is 0.534. The number of anilines is 1. The number of carboxylic acids is 1. The fourth-order valence-electron chi connectivity index (χ4n) is 1.35. The highest BCUT2D eigenvalue weighted by Gasteiger charge is 2.13. The molecule has 0 saturated carbocycles. The third-order valence-electron chi connectivity index (χ3n) is 2.23. The van der Waals surface area contributed by atoms with Gasteiger partial charge in [-0.2, -0.15) is 5.10 Å². The minimum Gasteiger partial charge on any atom is -0.477 e. The number of amides is 1. The topological polar surface area (TPSA) is 95.1 Å². The van der Waals surface area contributed by atoms with Crippen LogP contribution in [-0.4, -0.2) is 27.2 Å². The van der Waals surface area contributed by atoms with Crippen LogP contribution in [0.2, 0.25) is 5.02 Å². The van der Waals surface area contributed by atoms with Gasteiger partial charge >= 0.3 is 5.97 Å². The van der Waals surface area contributed by atoms with Crippen molar-refractivity contribution in [2.75, 3.05) is 5.32 Å². The number of nitrogens with one attached hydrogen (secondary N) is 2. The number of halogens is 2. The summed E-state index contributed by atoms with van der Waals surface area (Å²) in [5, 5.41) is 17.7. The second kappa shape index (κ2) is 5.41. The van der Waals surface area contributed by atoms with Gasteiger partial charge in [-0.3, -0.25) is 9.89 Å². The number of carboxylic acid groups (broad SMARTS) is 1. The number of aromatic nitrogens is 2. The molecule has 0 fully saturated rings. The first-order valence-electron chi connectivity index (χ1n) is 5.02. The van der Waals surface area contributed by atoms with E-state index in [4.69, 9.17) is 16.7 Å². The minimum absolute atomic E-state index is 0.106. The predicted octanol–water partition coefficient (Wildman–Crippen LogP) is 2.78. The number of H-pyrrole nitrogens is 1. The monoisotopic (exact) mass is 343 g/mol. The van der Waals surface area contributed by atoms with Crippen LogP contribution in [-0.2, 0) is 0 Å². The Morgan fingerprint density at radius 2 is 2.11 bits per heavy atom. The molecule has 0 aliphatic heterocycles. The van der Waals surface area contributed by atoms with Gasteiger partial charge < -0.3 is 10.4 Å². The van der Waals surface area contributed by atoms with Crippen LogP contribution >= 0.6 is 27.5 Å². The van der Waals surface area contributed by atoms with E-state index in [9.17, 15) is 9.59 Å². The highest BCUT2D eigenvalue weighted by atomic mass is 79.9. The number of aromatic amines is 1. The zero-order valence-electron chi connectivity index (χ0n) is 9.28. The van der Waals surface area contributed by atoms with E-state index in [0.29, 0.717) is 15.1 Å². The lowest BCUT2D eigenvalue weighted by Crippen LogP contribution is -2.12. The largest absolute Gasteiger partial charge is 0.477 e. The first kappa shape index (κ1) is 13.6. The minimum atomic E-state index is -1.15. The molecule has 1 aromatic heterocycles. The maximum Gasteiger partial charge on any atom is 0.353 e. The van der Waals surface area contributed by atoms with Crippen molar-refractivity contribution < 1.29 is 14.7 Å². The van der Waals surface area contributed by atoms with E-state index < -0.39 is 11.9 Å². The SMILES string of the molecule is O=C(O)c1cc(NC(=O)c2ccc(Cl)cc2Br)n[nH]1. The summed E-state index contributed by atoms with van der Waals surface area (Å²) in [5.74, 6) is -1.45. The van der Waals surface area contributed by atoms with E-state index in [2.05, 4.69) is 31.4 Å². The third-order valence-corrected chi connectivity index (χ3v) is 3.12. The maximum atomic E-state index is 11.9. The van der Waals surface area contributed by atoms with Crippen LogP contribution in [0.5, 0.6) is 0 Å². The van der Waals surface area contributed by atoms with Crippen LogP contribution in [0.4, 0.5) is 5.82 Å². The summed E-state index contributed by atoms with van der Waals surface area (Å²) in [6.07, 6.45) is 0. The van der Waals surface area contributed by atoms with Gasteiger partial charge in [-0.25, -0.2) is 4.79 Å². The molecule has 98 valence electrons. The Morgan fingerprint density at radius 3 is 2.68 bits per heavy atom. The van der Waals surface area contributed by atoms with Crippen LogP contribution in [0, 0.1) is 0 Å². The number of rotatable bonds is 3. The lowest BCUT2D eigenvalue weighted by Gasteiger charge is -2.04. The third kappa shape index (κ3) is 3.12. The molecule has 3 N–H and O–H groups in total. The summed E-state index contributed by atoms with van der Waals surface area (Å²) >= 11 is 9.00. The molecular weight excluding hydrogens is 337 g/mol. The molecule has 8 heteroatoms. The molecule has 2 aromatic rings. The van der Waals surface area contributed by atoms with Gasteiger partial charge in [-0.1, -0.05) is 11.6 Å². The number of hydrogen-bond acceptors (Lipinski definition) is 3. The van der Waals surface area contributed by atoms with Gasteiger partial charge in [0.05, 0.1) is 5.56 Å². The number of carbonyl (C=O) groups excluding carboxylic acids is 1. The molecule has 0 atom stereocenters. The van der Waals surface area contributed by atoms with E-state index in [-0.39, 0.29) is 11.5 Å². The molecule has 2 rings (SSSR count). The molecule has 0 bridgehead atoms. The Labute approximate surface area is 120 Å². The van der Waals surface area contributed by atoms with Crippen molar-refractivity contribution in [1.29, 1.82) is 0 Å². The number of hydrogen-bond donors (Lipinski definition) is 3. The number of benzene rings is 1. The van der Waals surface area contributed by atoms with Crippen molar-refractivity contribution >= 4 is 45.2 Å². The van der Waals surface area contributed by atoms with Gasteiger partial charge in [0.1, 0.15) is 5.69 Å². The van der Waals surface area contributed by atoms with Crippen LogP contribution in [0.3, 0.4) is 0 Å². The van der Waals surface area contributed by atoms with Crippen molar-refractivity contribution in [2.24, 2.45) is 0 Å².